The maximum absolute atomic E-state index is 5.74. The van der Waals surface area contributed by atoms with Crippen molar-refractivity contribution in [2.75, 3.05) is 6.54 Å². The number of aromatic nitrogens is 2. The van der Waals surface area contributed by atoms with Gasteiger partial charge in [0, 0.05) is 5.56 Å². The Balaban J connectivity index is 2.18. The van der Waals surface area contributed by atoms with Crippen LogP contribution >= 0.6 is 0 Å². The molecule has 1 N–H and O–H groups in total. The molecule has 0 bridgehead atoms. The van der Waals surface area contributed by atoms with E-state index < -0.39 is 0 Å². The molecule has 0 aliphatic rings. The lowest BCUT2D eigenvalue weighted by Crippen LogP contribution is -2.19. The van der Waals surface area contributed by atoms with Crippen LogP contribution in [-0.2, 0) is 0 Å². The average Bonchev–Trinajstić information content (AvgIpc) is 2.89. The molecule has 1 aromatic carbocycles. The highest BCUT2D eigenvalue weighted by molar-refractivity contribution is 5.55. The second kappa shape index (κ2) is 5.97. The summed E-state index contributed by atoms with van der Waals surface area (Å²) in [5.41, 5.74) is 3.47. The number of rotatable bonds is 5. The second-order valence-corrected chi connectivity index (χ2v) is 4.92. The third-order valence-electron chi connectivity index (χ3n) is 3.27. The van der Waals surface area contributed by atoms with Crippen LogP contribution in [0.25, 0.3) is 11.5 Å². The van der Waals surface area contributed by atoms with Crippen molar-refractivity contribution >= 4 is 0 Å². The summed E-state index contributed by atoms with van der Waals surface area (Å²) in [7, 11) is 0. The van der Waals surface area contributed by atoms with Gasteiger partial charge in [0.05, 0.1) is 6.04 Å². The lowest BCUT2D eigenvalue weighted by Gasteiger charge is -2.07. The van der Waals surface area contributed by atoms with Crippen molar-refractivity contribution in [2.24, 2.45) is 0 Å². The van der Waals surface area contributed by atoms with Crippen LogP contribution < -0.4 is 5.32 Å². The first-order valence-corrected chi connectivity index (χ1v) is 6.76. The highest BCUT2D eigenvalue weighted by atomic mass is 16.4. The van der Waals surface area contributed by atoms with E-state index in [9.17, 15) is 0 Å². The van der Waals surface area contributed by atoms with E-state index in [1.807, 2.05) is 13.0 Å². The van der Waals surface area contributed by atoms with E-state index in [0.29, 0.717) is 11.8 Å². The Bertz CT molecular complexity index is 548. The molecule has 0 radical (unpaired) electrons. The van der Waals surface area contributed by atoms with Crippen molar-refractivity contribution in [3.63, 3.8) is 0 Å². The molecule has 1 aromatic heterocycles. The normalized spacial score (nSPS) is 12.6. The molecule has 2 rings (SSSR count). The topological polar surface area (TPSA) is 51.0 Å². The van der Waals surface area contributed by atoms with Crippen LogP contribution in [0.1, 0.15) is 43.3 Å². The van der Waals surface area contributed by atoms with Crippen molar-refractivity contribution in [2.45, 2.75) is 40.2 Å². The first-order valence-electron chi connectivity index (χ1n) is 6.76. The highest BCUT2D eigenvalue weighted by Gasteiger charge is 2.14. The Morgan fingerprint density at radius 1 is 1.21 bits per heavy atom. The van der Waals surface area contributed by atoms with Crippen LogP contribution in [0.2, 0.25) is 0 Å². The molecule has 0 saturated carbocycles. The summed E-state index contributed by atoms with van der Waals surface area (Å²) < 4.78 is 5.74. The SMILES string of the molecule is CCCNC(C)c1nnc(-c2ccc(C)c(C)c2)o1. The van der Waals surface area contributed by atoms with Gasteiger partial charge in [-0.15, -0.1) is 10.2 Å². The molecule has 0 spiro atoms. The molecule has 1 atom stereocenters. The third-order valence-corrected chi connectivity index (χ3v) is 3.27. The Kier molecular flexibility index (Phi) is 4.32. The van der Waals surface area contributed by atoms with Gasteiger partial charge in [0.25, 0.3) is 0 Å². The second-order valence-electron chi connectivity index (χ2n) is 4.92. The molecule has 1 unspecified atom stereocenters. The quantitative estimate of drug-likeness (QED) is 0.894. The van der Waals surface area contributed by atoms with E-state index in [4.69, 9.17) is 4.42 Å². The molecule has 0 aliphatic carbocycles. The first-order chi connectivity index (χ1) is 9.11. The summed E-state index contributed by atoms with van der Waals surface area (Å²) in [6, 6.07) is 6.26. The zero-order chi connectivity index (χ0) is 13.8. The Labute approximate surface area is 114 Å². The van der Waals surface area contributed by atoms with Gasteiger partial charge < -0.3 is 9.73 Å². The standard InChI is InChI=1S/C15H21N3O/c1-5-8-16-12(4)14-17-18-15(19-14)13-7-6-10(2)11(3)9-13/h6-7,9,12,16H,5,8H2,1-4H3. The van der Waals surface area contributed by atoms with Gasteiger partial charge in [-0.2, -0.15) is 0 Å². The first kappa shape index (κ1) is 13.7. The Morgan fingerprint density at radius 2 is 2.00 bits per heavy atom. The predicted molar refractivity (Wildman–Crippen MR) is 75.9 cm³/mol. The summed E-state index contributed by atoms with van der Waals surface area (Å²) in [5.74, 6) is 1.23. The lowest BCUT2D eigenvalue weighted by atomic mass is 10.1. The van der Waals surface area contributed by atoms with E-state index in [1.165, 1.54) is 11.1 Å². The number of hydrogen-bond donors (Lipinski definition) is 1. The van der Waals surface area contributed by atoms with Gasteiger partial charge in [0.15, 0.2) is 0 Å². The van der Waals surface area contributed by atoms with Gasteiger partial charge in [-0.05, 0) is 57.0 Å². The maximum atomic E-state index is 5.74. The number of nitrogens with zero attached hydrogens (tertiary/aromatic N) is 2. The smallest absolute Gasteiger partial charge is 0.247 e. The summed E-state index contributed by atoms with van der Waals surface area (Å²) in [4.78, 5) is 0. The van der Waals surface area contributed by atoms with Crippen molar-refractivity contribution < 1.29 is 4.42 Å². The van der Waals surface area contributed by atoms with E-state index in [2.05, 4.69) is 48.4 Å². The van der Waals surface area contributed by atoms with Crippen LogP contribution in [0.3, 0.4) is 0 Å². The van der Waals surface area contributed by atoms with Crippen LogP contribution in [0, 0.1) is 13.8 Å². The molecule has 19 heavy (non-hydrogen) atoms. The van der Waals surface area contributed by atoms with Gasteiger partial charge in [-0.25, -0.2) is 0 Å². The van der Waals surface area contributed by atoms with Crippen molar-refractivity contribution in [3.05, 3.63) is 35.2 Å². The summed E-state index contributed by atoms with van der Waals surface area (Å²) in [6.07, 6.45) is 1.09. The summed E-state index contributed by atoms with van der Waals surface area (Å²) in [5, 5.41) is 11.6. The molecule has 4 heteroatoms. The zero-order valence-corrected chi connectivity index (χ0v) is 12.0. The molecule has 0 aliphatic heterocycles. The fourth-order valence-corrected chi connectivity index (χ4v) is 1.85. The van der Waals surface area contributed by atoms with Crippen molar-refractivity contribution in [1.82, 2.24) is 15.5 Å². The number of aryl methyl sites for hydroxylation is 2. The molecular formula is C15H21N3O. The van der Waals surface area contributed by atoms with E-state index >= 15 is 0 Å². The zero-order valence-electron chi connectivity index (χ0n) is 12.0. The Hall–Kier alpha value is -1.68. The molecule has 0 fully saturated rings. The summed E-state index contributed by atoms with van der Waals surface area (Å²) >= 11 is 0. The fraction of sp³-hybridized carbons (Fsp3) is 0.467. The summed E-state index contributed by atoms with van der Waals surface area (Å²) in [6.45, 7) is 9.29. The molecular weight excluding hydrogens is 238 g/mol. The monoisotopic (exact) mass is 259 g/mol. The van der Waals surface area contributed by atoms with Crippen LogP contribution in [0.5, 0.6) is 0 Å². The predicted octanol–water partition coefficient (Wildman–Crippen LogP) is 3.41. The molecule has 1 heterocycles. The molecule has 4 nitrogen and oxygen atoms in total. The highest BCUT2D eigenvalue weighted by Crippen LogP contribution is 2.22. The Morgan fingerprint density at radius 3 is 2.68 bits per heavy atom. The molecule has 102 valence electrons. The van der Waals surface area contributed by atoms with Crippen LogP contribution in [0.4, 0.5) is 0 Å². The third kappa shape index (κ3) is 3.20. The minimum absolute atomic E-state index is 0.0905. The molecule has 2 aromatic rings. The fourth-order valence-electron chi connectivity index (χ4n) is 1.85. The number of benzene rings is 1. The number of hydrogen-bond acceptors (Lipinski definition) is 4. The van der Waals surface area contributed by atoms with Gasteiger partial charge in [-0.3, -0.25) is 0 Å². The van der Waals surface area contributed by atoms with Gasteiger partial charge >= 0.3 is 0 Å². The van der Waals surface area contributed by atoms with Gasteiger partial charge in [-0.1, -0.05) is 13.0 Å². The largest absolute Gasteiger partial charge is 0.419 e. The minimum Gasteiger partial charge on any atom is -0.419 e. The van der Waals surface area contributed by atoms with Crippen molar-refractivity contribution in [3.8, 4) is 11.5 Å². The van der Waals surface area contributed by atoms with Crippen molar-refractivity contribution in [1.29, 1.82) is 0 Å². The average molecular weight is 259 g/mol. The molecule has 0 amide bonds. The maximum Gasteiger partial charge on any atom is 0.247 e. The molecule has 0 saturated heterocycles. The van der Waals surface area contributed by atoms with Gasteiger partial charge in [0.2, 0.25) is 11.8 Å². The van der Waals surface area contributed by atoms with Crippen LogP contribution in [-0.4, -0.2) is 16.7 Å². The minimum atomic E-state index is 0.0905. The van der Waals surface area contributed by atoms with E-state index in [-0.39, 0.29) is 6.04 Å². The van der Waals surface area contributed by atoms with E-state index in [1.54, 1.807) is 0 Å². The lowest BCUT2D eigenvalue weighted by molar-refractivity contribution is 0.423. The number of nitrogens with one attached hydrogen (secondary N) is 1. The van der Waals surface area contributed by atoms with Gasteiger partial charge in [0.1, 0.15) is 0 Å². The van der Waals surface area contributed by atoms with E-state index in [0.717, 1.165) is 18.5 Å². The van der Waals surface area contributed by atoms with Crippen LogP contribution in [0.15, 0.2) is 22.6 Å².